The molecule has 2 heterocycles. The van der Waals surface area contributed by atoms with E-state index in [-0.39, 0.29) is 0 Å². The standard InChI is InChI=1S/C13H23N3S/c1-11(2)16-8-4-12(5-9-16)14-6-3-13-15-7-10-17-13/h7,10-12,14H,3-6,8-9H2,1-2H3. The molecule has 0 radical (unpaired) electrons. The van der Waals surface area contributed by atoms with Crippen molar-refractivity contribution >= 4 is 11.3 Å². The Labute approximate surface area is 108 Å². The van der Waals surface area contributed by atoms with E-state index in [1.807, 2.05) is 6.20 Å². The van der Waals surface area contributed by atoms with Crippen LogP contribution in [0.1, 0.15) is 31.7 Å². The Morgan fingerprint density at radius 3 is 2.82 bits per heavy atom. The SMILES string of the molecule is CC(C)N1CCC(NCCc2nccs2)CC1. The quantitative estimate of drug-likeness (QED) is 0.871. The fourth-order valence-corrected chi connectivity index (χ4v) is 3.00. The second-order valence-corrected chi connectivity index (χ2v) is 6.01. The third kappa shape index (κ3) is 4.05. The van der Waals surface area contributed by atoms with Gasteiger partial charge in [0.05, 0.1) is 5.01 Å². The molecule has 1 fully saturated rings. The summed E-state index contributed by atoms with van der Waals surface area (Å²) in [7, 11) is 0. The fraction of sp³-hybridized carbons (Fsp3) is 0.769. The largest absolute Gasteiger partial charge is 0.313 e. The molecule has 3 nitrogen and oxygen atoms in total. The molecule has 1 aliphatic heterocycles. The van der Waals surface area contributed by atoms with Gasteiger partial charge in [-0.2, -0.15) is 0 Å². The first-order chi connectivity index (χ1) is 8.25. The van der Waals surface area contributed by atoms with E-state index >= 15 is 0 Å². The average Bonchev–Trinajstić information content (AvgIpc) is 2.83. The predicted octanol–water partition coefficient (Wildman–Crippen LogP) is 2.15. The van der Waals surface area contributed by atoms with Crippen LogP contribution in [0, 0.1) is 0 Å². The highest BCUT2D eigenvalue weighted by Crippen LogP contribution is 2.13. The third-order valence-corrected chi connectivity index (χ3v) is 4.35. The van der Waals surface area contributed by atoms with Gasteiger partial charge in [0.2, 0.25) is 0 Å². The molecule has 1 aliphatic rings. The molecule has 1 saturated heterocycles. The molecular weight excluding hydrogens is 230 g/mol. The van der Waals surface area contributed by atoms with Crippen molar-refractivity contribution in [3.05, 3.63) is 16.6 Å². The number of likely N-dealkylation sites (tertiary alicyclic amines) is 1. The lowest BCUT2D eigenvalue weighted by Gasteiger charge is -2.35. The maximum Gasteiger partial charge on any atom is 0.0937 e. The van der Waals surface area contributed by atoms with Crippen molar-refractivity contribution in [2.45, 2.75) is 45.2 Å². The summed E-state index contributed by atoms with van der Waals surface area (Å²) in [5.74, 6) is 0. The highest BCUT2D eigenvalue weighted by molar-refractivity contribution is 7.09. The Bertz CT molecular complexity index is 302. The van der Waals surface area contributed by atoms with Gasteiger partial charge in [-0.1, -0.05) is 0 Å². The van der Waals surface area contributed by atoms with Crippen LogP contribution in [-0.4, -0.2) is 41.6 Å². The summed E-state index contributed by atoms with van der Waals surface area (Å²) in [6, 6.07) is 1.41. The maximum atomic E-state index is 4.30. The van der Waals surface area contributed by atoms with Gasteiger partial charge < -0.3 is 10.2 Å². The van der Waals surface area contributed by atoms with Crippen molar-refractivity contribution in [2.24, 2.45) is 0 Å². The first kappa shape index (κ1) is 13.0. The number of aromatic nitrogens is 1. The summed E-state index contributed by atoms with van der Waals surface area (Å²) in [5.41, 5.74) is 0. The Balaban J connectivity index is 1.62. The molecule has 0 unspecified atom stereocenters. The second-order valence-electron chi connectivity index (χ2n) is 5.03. The van der Waals surface area contributed by atoms with Gasteiger partial charge in [-0.05, 0) is 39.8 Å². The number of nitrogens with zero attached hydrogens (tertiary/aromatic N) is 2. The summed E-state index contributed by atoms with van der Waals surface area (Å²) < 4.78 is 0. The van der Waals surface area contributed by atoms with Crippen molar-refractivity contribution in [1.29, 1.82) is 0 Å². The smallest absolute Gasteiger partial charge is 0.0937 e. The van der Waals surface area contributed by atoms with Crippen molar-refractivity contribution in [3.63, 3.8) is 0 Å². The van der Waals surface area contributed by atoms with E-state index < -0.39 is 0 Å². The van der Waals surface area contributed by atoms with Gasteiger partial charge in [0.25, 0.3) is 0 Å². The van der Waals surface area contributed by atoms with E-state index in [2.05, 4.69) is 34.4 Å². The van der Waals surface area contributed by atoms with Crippen LogP contribution in [0.4, 0.5) is 0 Å². The maximum absolute atomic E-state index is 4.30. The minimum atomic E-state index is 0.700. The molecule has 0 saturated carbocycles. The number of nitrogens with one attached hydrogen (secondary N) is 1. The summed E-state index contributed by atoms with van der Waals surface area (Å²) >= 11 is 1.75. The number of piperidine rings is 1. The van der Waals surface area contributed by atoms with Crippen LogP contribution in [-0.2, 0) is 6.42 Å². The van der Waals surface area contributed by atoms with Crippen LogP contribution in [0.15, 0.2) is 11.6 Å². The minimum absolute atomic E-state index is 0.700. The highest BCUT2D eigenvalue weighted by Gasteiger charge is 2.19. The van der Waals surface area contributed by atoms with Gasteiger partial charge in [0.15, 0.2) is 0 Å². The van der Waals surface area contributed by atoms with Crippen molar-refractivity contribution in [2.75, 3.05) is 19.6 Å². The van der Waals surface area contributed by atoms with Crippen molar-refractivity contribution < 1.29 is 0 Å². The summed E-state index contributed by atoms with van der Waals surface area (Å²) in [6.07, 6.45) is 5.54. The topological polar surface area (TPSA) is 28.2 Å². The molecule has 4 heteroatoms. The Hall–Kier alpha value is -0.450. The molecule has 1 N–H and O–H groups in total. The predicted molar refractivity (Wildman–Crippen MR) is 73.6 cm³/mol. The van der Waals surface area contributed by atoms with Crippen LogP contribution < -0.4 is 5.32 Å². The van der Waals surface area contributed by atoms with Gasteiger partial charge in [-0.25, -0.2) is 4.98 Å². The molecule has 17 heavy (non-hydrogen) atoms. The zero-order valence-electron chi connectivity index (χ0n) is 10.9. The lowest BCUT2D eigenvalue weighted by atomic mass is 10.0. The number of thiazole rings is 1. The monoisotopic (exact) mass is 253 g/mol. The van der Waals surface area contributed by atoms with Crippen LogP contribution in [0.3, 0.4) is 0 Å². The lowest BCUT2D eigenvalue weighted by Crippen LogP contribution is -2.45. The molecule has 1 aromatic rings. The number of hydrogen-bond acceptors (Lipinski definition) is 4. The van der Waals surface area contributed by atoms with Crippen LogP contribution in [0.25, 0.3) is 0 Å². The molecule has 96 valence electrons. The summed E-state index contributed by atoms with van der Waals surface area (Å²) in [4.78, 5) is 6.87. The fourth-order valence-electron chi connectivity index (χ4n) is 2.38. The minimum Gasteiger partial charge on any atom is -0.313 e. The molecule has 0 aliphatic carbocycles. The Morgan fingerprint density at radius 2 is 2.24 bits per heavy atom. The molecule has 0 spiro atoms. The van der Waals surface area contributed by atoms with Crippen LogP contribution >= 0.6 is 11.3 Å². The third-order valence-electron chi connectivity index (χ3n) is 3.52. The Kier molecular flexibility index (Phi) is 4.95. The number of rotatable bonds is 5. The summed E-state index contributed by atoms with van der Waals surface area (Å²) in [6.45, 7) is 8.13. The van der Waals surface area contributed by atoms with Gasteiger partial charge in [-0.3, -0.25) is 0 Å². The van der Waals surface area contributed by atoms with E-state index in [4.69, 9.17) is 0 Å². The molecule has 0 bridgehead atoms. The first-order valence-corrected chi connectivity index (χ1v) is 7.49. The van der Waals surface area contributed by atoms with Gasteiger partial charge in [-0.15, -0.1) is 11.3 Å². The van der Waals surface area contributed by atoms with Gasteiger partial charge in [0.1, 0.15) is 0 Å². The molecule has 0 amide bonds. The zero-order valence-corrected chi connectivity index (χ0v) is 11.7. The van der Waals surface area contributed by atoms with Crippen LogP contribution in [0.2, 0.25) is 0 Å². The van der Waals surface area contributed by atoms with E-state index in [9.17, 15) is 0 Å². The normalized spacial score (nSPS) is 19.0. The average molecular weight is 253 g/mol. The second kappa shape index (κ2) is 6.47. The zero-order chi connectivity index (χ0) is 12.1. The molecule has 1 aromatic heterocycles. The van der Waals surface area contributed by atoms with Crippen molar-refractivity contribution in [1.82, 2.24) is 15.2 Å². The summed E-state index contributed by atoms with van der Waals surface area (Å²) in [5, 5.41) is 6.96. The van der Waals surface area contributed by atoms with E-state index in [1.54, 1.807) is 11.3 Å². The molecule has 0 aromatic carbocycles. The van der Waals surface area contributed by atoms with Crippen molar-refractivity contribution in [3.8, 4) is 0 Å². The molecule has 0 atom stereocenters. The molecular formula is C13H23N3S. The lowest BCUT2D eigenvalue weighted by molar-refractivity contribution is 0.161. The van der Waals surface area contributed by atoms with E-state index in [0.717, 1.165) is 13.0 Å². The molecule has 2 rings (SSSR count). The first-order valence-electron chi connectivity index (χ1n) is 6.61. The van der Waals surface area contributed by atoms with Gasteiger partial charge in [0, 0.05) is 36.6 Å². The van der Waals surface area contributed by atoms with Gasteiger partial charge >= 0.3 is 0 Å². The van der Waals surface area contributed by atoms with Crippen LogP contribution in [0.5, 0.6) is 0 Å². The van der Waals surface area contributed by atoms with E-state index in [1.165, 1.54) is 30.9 Å². The van der Waals surface area contributed by atoms with E-state index in [0.29, 0.717) is 12.1 Å². The highest BCUT2D eigenvalue weighted by atomic mass is 32.1. The number of hydrogen-bond donors (Lipinski definition) is 1. The Morgan fingerprint density at radius 1 is 1.47 bits per heavy atom.